The molecule has 2 rings (SSSR count). The summed E-state index contributed by atoms with van der Waals surface area (Å²) in [5.41, 5.74) is 1.42. The lowest BCUT2D eigenvalue weighted by atomic mass is 10.2. The van der Waals surface area contributed by atoms with Gasteiger partial charge in [0.2, 0.25) is 10.0 Å². The van der Waals surface area contributed by atoms with Gasteiger partial charge in [-0.3, -0.25) is 0 Å². The Hall–Kier alpha value is -0.790. The number of primary sulfonamides is 1. The first-order valence-electron chi connectivity index (χ1n) is 5.77. The Labute approximate surface area is 141 Å². The number of anilines is 1. The van der Waals surface area contributed by atoms with Gasteiger partial charge in [-0.1, -0.05) is 29.3 Å². The quantitative estimate of drug-likeness (QED) is 0.800. The van der Waals surface area contributed by atoms with Crippen LogP contribution in [-0.2, 0) is 16.6 Å². The molecule has 21 heavy (non-hydrogen) atoms. The van der Waals surface area contributed by atoms with Gasteiger partial charge in [0, 0.05) is 11.0 Å². The van der Waals surface area contributed by atoms with Gasteiger partial charge in [-0.2, -0.15) is 0 Å². The van der Waals surface area contributed by atoms with E-state index in [9.17, 15) is 8.42 Å². The predicted molar refractivity (Wildman–Crippen MR) is 89.3 cm³/mol. The van der Waals surface area contributed by atoms with Crippen molar-refractivity contribution in [2.24, 2.45) is 5.14 Å². The van der Waals surface area contributed by atoms with Crippen molar-refractivity contribution in [2.45, 2.75) is 11.4 Å². The Balaban J connectivity index is 2.21. The van der Waals surface area contributed by atoms with E-state index in [0.29, 0.717) is 22.3 Å². The molecule has 0 heterocycles. The van der Waals surface area contributed by atoms with Crippen LogP contribution in [0.4, 0.5) is 5.69 Å². The number of halogens is 3. The Bertz CT molecular complexity index is 782. The van der Waals surface area contributed by atoms with Gasteiger partial charge < -0.3 is 5.32 Å². The lowest BCUT2D eigenvalue weighted by molar-refractivity contribution is 0.598. The fourth-order valence-corrected chi connectivity index (χ4v) is 2.84. The molecular weight excluding hydrogens is 399 g/mol. The fourth-order valence-electron chi connectivity index (χ4n) is 1.66. The highest BCUT2D eigenvalue weighted by Crippen LogP contribution is 2.27. The van der Waals surface area contributed by atoms with Gasteiger partial charge in [0.05, 0.1) is 20.6 Å². The average molecular weight is 410 g/mol. The lowest BCUT2D eigenvalue weighted by Crippen LogP contribution is -2.12. The molecule has 0 aliphatic heterocycles. The molecule has 2 aromatic rings. The van der Waals surface area contributed by atoms with E-state index in [2.05, 4.69) is 21.2 Å². The number of hydrogen-bond acceptors (Lipinski definition) is 3. The zero-order valence-electron chi connectivity index (χ0n) is 10.6. The van der Waals surface area contributed by atoms with Crippen LogP contribution in [0.3, 0.4) is 0 Å². The van der Waals surface area contributed by atoms with Crippen LogP contribution in [0.25, 0.3) is 0 Å². The summed E-state index contributed by atoms with van der Waals surface area (Å²) in [7, 11) is -3.76. The van der Waals surface area contributed by atoms with E-state index in [4.69, 9.17) is 28.3 Å². The SMILES string of the molecule is NS(=O)(=O)c1ccc(Cl)c(NCc2ccc(Br)c(Cl)c2)c1. The molecule has 2 aromatic carbocycles. The molecule has 8 heteroatoms. The zero-order chi connectivity index (χ0) is 15.6. The highest BCUT2D eigenvalue weighted by Gasteiger charge is 2.10. The molecule has 0 bridgehead atoms. The number of hydrogen-bond donors (Lipinski definition) is 2. The Morgan fingerprint density at radius 2 is 1.81 bits per heavy atom. The Morgan fingerprint density at radius 1 is 1.10 bits per heavy atom. The number of nitrogens with two attached hydrogens (primary N) is 1. The van der Waals surface area contributed by atoms with Crippen LogP contribution in [0.5, 0.6) is 0 Å². The summed E-state index contributed by atoms with van der Waals surface area (Å²) >= 11 is 15.4. The highest BCUT2D eigenvalue weighted by molar-refractivity contribution is 9.10. The molecule has 0 saturated carbocycles. The Morgan fingerprint density at radius 3 is 2.43 bits per heavy atom. The first kappa shape index (κ1) is 16.6. The largest absolute Gasteiger partial charge is 0.380 e. The van der Waals surface area contributed by atoms with Crippen molar-refractivity contribution in [1.82, 2.24) is 0 Å². The van der Waals surface area contributed by atoms with Crippen molar-refractivity contribution in [2.75, 3.05) is 5.32 Å². The van der Waals surface area contributed by atoms with E-state index < -0.39 is 10.0 Å². The predicted octanol–water partition coefficient (Wildman–Crippen LogP) is 4.02. The molecule has 0 amide bonds. The van der Waals surface area contributed by atoms with Crippen LogP contribution in [0, 0.1) is 0 Å². The minimum Gasteiger partial charge on any atom is -0.380 e. The van der Waals surface area contributed by atoms with Gasteiger partial charge >= 0.3 is 0 Å². The third kappa shape index (κ3) is 4.34. The molecular formula is C13H11BrCl2N2O2S. The summed E-state index contributed by atoms with van der Waals surface area (Å²) in [4.78, 5) is 0.00300. The van der Waals surface area contributed by atoms with Gasteiger partial charge in [-0.05, 0) is 51.8 Å². The summed E-state index contributed by atoms with van der Waals surface area (Å²) in [5, 5.41) is 9.16. The maximum atomic E-state index is 11.3. The molecule has 0 aliphatic rings. The summed E-state index contributed by atoms with van der Waals surface area (Å²) in [5.74, 6) is 0. The first-order valence-corrected chi connectivity index (χ1v) is 8.87. The zero-order valence-corrected chi connectivity index (χ0v) is 14.5. The molecule has 112 valence electrons. The highest BCUT2D eigenvalue weighted by atomic mass is 79.9. The normalized spacial score (nSPS) is 11.4. The molecule has 4 nitrogen and oxygen atoms in total. The molecule has 0 fully saturated rings. The van der Waals surface area contributed by atoms with Crippen LogP contribution in [0.2, 0.25) is 10.0 Å². The summed E-state index contributed by atoms with van der Waals surface area (Å²) in [6.45, 7) is 0.445. The smallest absolute Gasteiger partial charge is 0.238 e. The van der Waals surface area contributed by atoms with Gasteiger partial charge in [0.15, 0.2) is 0 Å². The van der Waals surface area contributed by atoms with Gasteiger partial charge in [0.25, 0.3) is 0 Å². The van der Waals surface area contributed by atoms with E-state index in [1.165, 1.54) is 18.2 Å². The van der Waals surface area contributed by atoms with Gasteiger partial charge in [-0.25, -0.2) is 13.6 Å². The minimum absolute atomic E-state index is 0.00300. The fraction of sp³-hybridized carbons (Fsp3) is 0.0769. The topological polar surface area (TPSA) is 72.2 Å². The van der Waals surface area contributed by atoms with Crippen LogP contribution in [-0.4, -0.2) is 8.42 Å². The van der Waals surface area contributed by atoms with Crippen LogP contribution >= 0.6 is 39.1 Å². The van der Waals surface area contributed by atoms with Crippen molar-refractivity contribution >= 4 is 54.8 Å². The second-order valence-electron chi connectivity index (χ2n) is 4.29. The standard InChI is InChI=1S/C13H11BrCl2N2O2S/c14-10-3-1-8(5-12(10)16)7-18-13-6-9(21(17,19)20)2-4-11(13)15/h1-6,18H,7H2,(H2,17,19,20). The lowest BCUT2D eigenvalue weighted by Gasteiger charge is -2.10. The molecule has 3 N–H and O–H groups in total. The molecule has 0 unspecified atom stereocenters. The van der Waals surface area contributed by atoms with E-state index in [-0.39, 0.29) is 4.90 Å². The second kappa shape index (κ2) is 6.54. The van der Waals surface area contributed by atoms with Crippen molar-refractivity contribution < 1.29 is 8.42 Å². The van der Waals surface area contributed by atoms with E-state index in [1.807, 2.05) is 12.1 Å². The molecule has 0 atom stereocenters. The van der Waals surface area contributed by atoms with Gasteiger partial charge in [0.1, 0.15) is 0 Å². The maximum absolute atomic E-state index is 11.3. The van der Waals surface area contributed by atoms with Crippen LogP contribution < -0.4 is 10.5 Å². The molecule has 0 radical (unpaired) electrons. The summed E-state index contributed by atoms with van der Waals surface area (Å²) < 4.78 is 23.5. The van der Waals surface area contributed by atoms with Crippen LogP contribution in [0.15, 0.2) is 45.8 Å². The first-order chi connectivity index (χ1) is 9.77. The van der Waals surface area contributed by atoms with E-state index >= 15 is 0 Å². The monoisotopic (exact) mass is 408 g/mol. The van der Waals surface area contributed by atoms with Crippen molar-refractivity contribution in [3.8, 4) is 0 Å². The average Bonchev–Trinajstić information content (AvgIpc) is 2.40. The summed E-state index contributed by atoms with van der Waals surface area (Å²) in [6.07, 6.45) is 0. The maximum Gasteiger partial charge on any atom is 0.238 e. The molecule has 0 spiro atoms. The number of benzene rings is 2. The number of sulfonamides is 1. The molecule has 0 saturated heterocycles. The second-order valence-corrected chi connectivity index (χ2v) is 7.52. The third-order valence-corrected chi connectivity index (χ3v) is 5.21. The molecule has 0 aliphatic carbocycles. The number of rotatable bonds is 4. The van der Waals surface area contributed by atoms with Crippen molar-refractivity contribution in [3.05, 3.63) is 56.5 Å². The van der Waals surface area contributed by atoms with Crippen LogP contribution in [0.1, 0.15) is 5.56 Å². The minimum atomic E-state index is -3.76. The summed E-state index contributed by atoms with van der Waals surface area (Å²) in [6, 6.07) is 9.77. The van der Waals surface area contributed by atoms with Gasteiger partial charge in [-0.15, -0.1) is 0 Å². The van der Waals surface area contributed by atoms with Crippen molar-refractivity contribution in [1.29, 1.82) is 0 Å². The third-order valence-electron chi connectivity index (χ3n) is 2.73. The van der Waals surface area contributed by atoms with E-state index in [1.54, 1.807) is 6.07 Å². The molecule has 0 aromatic heterocycles. The number of nitrogens with one attached hydrogen (secondary N) is 1. The Kier molecular flexibility index (Phi) is 5.16. The van der Waals surface area contributed by atoms with Crippen molar-refractivity contribution in [3.63, 3.8) is 0 Å². The van der Waals surface area contributed by atoms with E-state index in [0.717, 1.165) is 10.0 Å².